The first-order valence-electron chi connectivity index (χ1n) is 11.4. The van der Waals surface area contributed by atoms with Crippen molar-refractivity contribution in [2.24, 2.45) is 17.4 Å². The summed E-state index contributed by atoms with van der Waals surface area (Å²) in [6.07, 6.45) is -0.898. The summed E-state index contributed by atoms with van der Waals surface area (Å²) in [5.41, 5.74) is 11.0. The highest BCUT2D eigenvalue weighted by Crippen LogP contribution is 2.33. The van der Waals surface area contributed by atoms with Crippen LogP contribution < -0.4 is 11.5 Å². The number of ether oxygens (including phenoxy) is 1. The monoisotopic (exact) mass is 473 g/mol. The van der Waals surface area contributed by atoms with E-state index >= 15 is 0 Å². The topological polar surface area (TPSA) is 98.6 Å². The Morgan fingerprint density at radius 1 is 1.12 bits per heavy atom. The van der Waals surface area contributed by atoms with Gasteiger partial charge in [-0.3, -0.25) is 4.79 Å². The van der Waals surface area contributed by atoms with Crippen LogP contribution in [0.25, 0.3) is 0 Å². The minimum absolute atomic E-state index is 0.0380. The van der Waals surface area contributed by atoms with E-state index < -0.39 is 23.4 Å². The van der Waals surface area contributed by atoms with Crippen LogP contribution in [0.2, 0.25) is 0 Å². The van der Waals surface area contributed by atoms with E-state index in [4.69, 9.17) is 11.5 Å². The standard InChI is InChI=1S/C16H19F3N2O.C5H11NO2.C3H8/c17-16(18,19)13-3-1-10-5-6-21(9-12(10)7-13)15(22)11-2-4-14(20)8-11;1-5(2,3)8-4(6)7;1-3-2/h1,3,7,11,14H,2,4-6,8-9,20H2;1-3H3,(H2,6,7);3H2,1-2H3. The second-order valence-electron chi connectivity index (χ2n) is 9.50. The fourth-order valence-corrected chi connectivity index (χ4v) is 3.72. The molecule has 1 aliphatic heterocycles. The lowest BCUT2D eigenvalue weighted by atomic mass is 9.95. The number of hydrogen-bond donors (Lipinski definition) is 2. The van der Waals surface area contributed by atoms with Crippen molar-refractivity contribution in [3.05, 3.63) is 34.9 Å². The van der Waals surface area contributed by atoms with Gasteiger partial charge in [-0.15, -0.1) is 0 Å². The molecule has 2 unspecified atom stereocenters. The molecule has 3 rings (SSSR count). The Kier molecular flexibility index (Phi) is 10.7. The Bertz CT molecular complexity index is 791. The summed E-state index contributed by atoms with van der Waals surface area (Å²) in [5, 5.41) is 0. The SMILES string of the molecule is CC(C)(C)OC(N)=O.CCC.NC1CCC(C(=O)N2CCc3ccc(C(F)(F)F)cc3C2)C1. The summed E-state index contributed by atoms with van der Waals surface area (Å²) in [5.74, 6) is -0.0293. The molecule has 1 aromatic rings. The van der Waals surface area contributed by atoms with E-state index in [1.165, 1.54) is 18.6 Å². The van der Waals surface area contributed by atoms with E-state index in [1.54, 1.807) is 25.7 Å². The van der Waals surface area contributed by atoms with Crippen LogP contribution in [-0.4, -0.2) is 35.1 Å². The minimum Gasteiger partial charge on any atom is -0.444 e. The predicted octanol–water partition coefficient (Wildman–Crippen LogP) is 5.01. The van der Waals surface area contributed by atoms with Gasteiger partial charge in [-0.25, -0.2) is 4.79 Å². The minimum atomic E-state index is -4.35. The molecule has 188 valence electrons. The zero-order chi connectivity index (χ0) is 25.4. The molecule has 0 spiro atoms. The molecule has 0 bridgehead atoms. The Hall–Kier alpha value is -2.29. The number of rotatable bonds is 1. The molecule has 1 aromatic carbocycles. The van der Waals surface area contributed by atoms with Crippen molar-refractivity contribution in [1.82, 2.24) is 4.90 Å². The molecule has 4 N–H and O–H groups in total. The molecule has 0 radical (unpaired) electrons. The lowest BCUT2D eigenvalue weighted by molar-refractivity contribution is -0.137. The van der Waals surface area contributed by atoms with Gasteiger partial charge in [-0.2, -0.15) is 13.2 Å². The average molecular weight is 474 g/mol. The van der Waals surface area contributed by atoms with Gasteiger partial charge >= 0.3 is 12.3 Å². The lowest BCUT2D eigenvalue weighted by Gasteiger charge is -2.31. The van der Waals surface area contributed by atoms with Crippen molar-refractivity contribution >= 4 is 12.0 Å². The summed E-state index contributed by atoms with van der Waals surface area (Å²) in [7, 11) is 0. The molecular formula is C24H38F3N3O3. The van der Waals surface area contributed by atoms with Gasteiger partial charge < -0.3 is 21.1 Å². The summed E-state index contributed by atoms with van der Waals surface area (Å²) < 4.78 is 43.0. The predicted molar refractivity (Wildman–Crippen MR) is 122 cm³/mol. The largest absolute Gasteiger partial charge is 0.444 e. The lowest BCUT2D eigenvalue weighted by Crippen LogP contribution is -2.39. The molecule has 6 nitrogen and oxygen atoms in total. The van der Waals surface area contributed by atoms with Gasteiger partial charge in [0, 0.05) is 25.0 Å². The van der Waals surface area contributed by atoms with Gasteiger partial charge in [-0.05, 0) is 69.7 Å². The number of fused-ring (bicyclic) bond motifs is 1. The highest BCUT2D eigenvalue weighted by Gasteiger charge is 2.34. The van der Waals surface area contributed by atoms with E-state index in [9.17, 15) is 22.8 Å². The van der Waals surface area contributed by atoms with Crippen LogP contribution in [0.1, 0.15) is 77.0 Å². The van der Waals surface area contributed by atoms with E-state index in [-0.39, 0.29) is 24.4 Å². The highest BCUT2D eigenvalue weighted by atomic mass is 19.4. The van der Waals surface area contributed by atoms with Gasteiger partial charge in [-0.1, -0.05) is 26.3 Å². The van der Waals surface area contributed by atoms with Crippen LogP contribution in [0.15, 0.2) is 18.2 Å². The molecule has 2 aliphatic rings. The Balaban J connectivity index is 0.000000417. The maximum absolute atomic E-state index is 12.8. The maximum atomic E-state index is 12.8. The van der Waals surface area contributed by atoms with E-state index in [0.29, 0.717) is 24.9 Å². The number of hydrogen-bond acceptors (Lipinski definition) is 4. The van der Waals surface area contributed by atoms with Crippen molar-refractivity contribution in [3.8, 4) is 0 Å². The first-order valence-corrected chi connectivity index (χ1v) is 11.4. The summed E-state index contributed by atoms with van der Waals surface area (Å²) in [4.78, 5) is 24.2. The highest BCUT2D eigenvalue weighted by molar-refractivity contribution is 5.79. The molecule has 0 saturated heterocycles. The third kappa shape index (κ3) is 10.0. The van der Waals surface area contributed by atoms with Crippen molar-refractivity contribution in [2.75, 3.05) is 6.54 Å². The second kappa shape index (κ2) is 12.3. The number of carbonyl (C=O) groups excluding carboxylic acids is 2. The number of halogens is 3. The Morgan fingerprint density at radius 3 is 2.15 bits per heavy atom. The fraction of sp³-hybridized carbons (Fsp3) is 0.667. The van der Waals surface area contributed by atoms with E-state index in [1.807, 2.05) is 0 Å². The number of carbonyl (C=O) groups is 2. The van der Waals surface area contributed by atoms with Crippen LogP contribution in [0.3, 0.4) is 0 Å². The molecule has 1 saturated carbocycles. The van der Waals surface area contributed by atoms with Crippen molar-refractivity contribution in [3.63, 3.8) is 0 Å². The average Bonchev–Trinajstić information content (AvgIpc) is 3.11. The quantitative estimate of drug-likeness (QED) is 0.599. The first kappa shape index (κ1) is 28.7. The number of primary amides is 1. The van der Waals surface area contributed by atoms with Crippen LogP contribution >= 0.6 is 0 Å². The number of nitrogens with zero attached hydrogens (tertiary/aromatic N) is 1. The second-order valence-corrected chi connectivity index (χ2v) is 9.50. The van der Waals surface area contributed by atoms with Gasteiger partial charge in [0.15, 0.2) is 0 Å². The molecule has 1 heterocycles. The third-order valence-corrected chi connectivity index (χ3v) is 5.09. The molecule has 0 aromatic heterocycles. The van der Waals surface area contributed by atoms with Crippen molar-refractivity contribution in [2.45, 2.75) is 91.1 Å². The maximum Gasteiger partial charge on any atom is 0.416 e. The smallest absolute Gasteiger partial charge is 0.416 e. The van der Waals surface area contributed by atoms with Crippen LogP contribution in [0.5, 0.6) is 0 Å². The van der Waals surface area contributed by atoms with Crippen molar-refractivity contribution in [1.29, 1.82) is 0 Å². The number of nitrogens with two attached hydrogens (primary N) is 2. The first-order chi connectivity index (χ1) is 15.2. The summed E-state index contributed by atoms with van der Waals surface area (Å²) >= 11 is 0. The molecule has 9 heteroatoms. The van der Waals surface area contributed by atoms with Crippen molar-refractivity contribution < 1.29 is 27.5 Å². The summed E-state index contributed by atoms with van der Waals surface area (Å²) in [6, 6.07) is 3.90. The summed E-state index contributed by atoms with van der Waals surface area (Å²) in [6.45, 7) is 10.4. The van der Waals surface area contributed by atoms with Gasteiger partial charge in [0.1, 0.15) is 5.60 Å². The fourth-order valence-electron chi connectivity index (χ4n) is 3.72. The third-order valence-electron chi connectivity index (χ3n) is 5.09. The molecule has 2 amide bonds. The number of amides is 2. The molecule has 1 fully saturated rings. The van der Waals surface area contributed by atoms with E-state index in [0.717, 1.165) is 24.5 Å². The zero-order valence-electron chi connectivity index (χ0n) is 20.3. The van der Waals surface area contributed by atoms with Gasteiger partial charge in [0.25, 0.3) is 0 Å². The number of alkyl halides is 3. The van der Waals surface area contributed by atoms with Gasteiger partial charge in [0.2, 0.25) is 5.91 Å². The van der Waals surface area contributed by atoms with Crippen LogP contribution in [0, 0.1) is 5.92 Å². The normalized spacial score (nSPS) is 20.0. The molecule has 2 atom stereocenters. The van der Waals surface area contributed by atoms with E-state index in [2.05, 4.69) is 18.6 Å². The van der Waals surface area contributed by atoms with Gasteiger partial charge in [0.05, 0.1) is 5.56 Å². The molecule has 1 aliphatic carbocycles. The Labute approximate surface area is 194 Å². The molecule has 33 heavy (non-hydrogen) atoms. The number of benzene rings is 1. The zero-order valence-corrected chi connectivity index (χ0v) is 20.3. The molecular weight excluding hydrogens is 435 g/mol. The Morgan fingerprint density at radius 2 is 1.73 bits per heavy atom. The van der Waals surface area contributed by atoms with Crippen LogP contribution in [-0.2, 0) is 28.7 Å². The van der Waals surface area contributed by atoms with Crippen LogP contribution in [0.4, 0.5) is 18.0 Å².